The molecule has 1 N–H and O–H groups in total. The van der Waals surface area contributed by atoms with Gasteiger partial charge in [0.05, 0.1) is 6.20 Å². The summed E-state index contributed by atoms with van der Waals surface area (Å²) in [4.78, 5) is 20.8. The fourth-order valence-corrected chi connectivity index (χ4v) is 0.882. The molecule has 1 aromatic heterocycles. The SMILES string of the molecule is CCn1cc(/C=C/C(=O)C(=O)O)cn1. The molecule has 0 aromatic carbocycles. The van der Waals surface area contributed by atoms with Crippen LogP contribution < -0.4 is 0 Å². The Labute approximate surface area is 80.7 Å². The molecule has 0 atom stereocenters. The molecule has 0 amide bonds. The maximum atomic E-state index is 10.7. The summed E-state index contributed by atoms with van der Waals surface area (Å²) in [5, 5.41) is 12.3. The summed E-state index contributed by atoms with van der Waals surface area (Å²) in [6.45, 7) is 2.67. The third-order valence-electron chi connectivity index (χ3n) is 1.62. The van der Waals surface area contributed by atoms with Crippen LogP contribution in [0.1, 0.15) is 12.5 Å². The summed E-state index contributed by atoms with van der Waals surface area (Å²) >= 11 is 0. The third-order valence-corrected chi connectivity index (χ3v) is 1.62. The topological polar surface area (TPSA) is 72.2 Å². The lowest BCUT2D eigenvalue weighted by atomic mass is 10.3. The maximum Gasteiger partial charge on any atom is 0.376 e. The lowest BCUT2D eigenvalue weighted by molar-refractivity contribution is -0.146. The van der Waals surface area contributed by atoms with E-state index < -0.39 is 11.8 Å². The van der Waals surface area contributed by atoms with E-state index in [4.69, 9.17) is 5.11 Å². The quantitative estimate of drug-likeness (QED) is 0.561. The van der Waals surface area contributed by atoms with Crippen molar-refractivity contribution in [2.24, 2.45) is 0 Å². The number of carbonyl (C=O) groups excluding carboxylic acids is 1. The van der Waals surface area contributed by atoms with Gasteiger partial charge in [0.1, 0.15) is 0 Å². The van der Waals surface area contributed by atoms with Gasteiger partial charge in [0.2, 0.25) is 0 Å². The fraction of sp³-hybridized carbons (Fsp3) is 0.222. The van der Waals surface area contributed by atoms with Crippen molar-refractivity contribution in [2.75, 3.05) is 0 Å². The second kappa shape index (κ2) is 4.36. The molecule has 0 radical (unpaired) electrons. The lowest BCUT2D eigenvalue weighted by Gasteiger charge is -1.89. The summed E-state index contributed by atoms with van der Waals surface area (Å²) in [5.74, 6) is -2.39. The van der Waals surface area contributed by atoms with E-state index >= 15 is 0 Å². The number of ketones is 1. The Balaban J connectivity index is 2.68. The first-order chi connectivity index (χ1) is 6.63. The fourth-order valence-electron chi connectivity index (χ4n) is 0.882. The molecule has 0 aliphatic heterocycles. The van der Waals surface area contributed by atoms with Crippen molar-refractivity contribution in [1.82, 2.24) is 9.78 Å². The van der Waals surface area contributed by atoms with Crippen LogP contribution in [0.4, 0.5) is 0 Å². The van der Waals surface area contributed by atoms with E-state index in [2.05, 4.69) is 5.10 Å². The summed E-state index contributed by atoms with van der Waals surface area (Å²) in [6.07, 6.45) is 5.73. The lowest BCUT2D eigenvalue weighted by Crippen LogP contribution is -2.08. The Bertz CT molecular complexity index is 379. The van der Waals surface area contributed by atoms with Crippen LogP contribution in [0.15, 0.2) is 18.5 Å². The minimum absolute atomic E-state index is 0.710. The first-order valence-corrected chi connectivity index (χ1v) is 4.11. The molecule has 0 unspecified atom stereocenters. The minimum Gasteiger partial charge on any atom is -0.475 e. The van der Waals surface area contributed by atoms with Gasteiger partial charge in [-0.1, -0.05) is 0 Å². The Hall–Kier alpha value is -1.91. The predicted molar refractivity (Wildman–Crippen MR) is 49.6 cm³/mol. The number of carboxylic acids is 1. The van der Waals surface area contributed by atoms with E-state index in [1.807, 2.05) is 6.92 Å². The second-order valence-electron chi connectivity index (χ2n) is 2.63. The van der Waals surface area contributed by atoms with Gasteiger partial charge in [-0.3, -0.25) is 9.48 Å². The highest BCUT2D eigenvalue weighted by molar-refractivity contribution is 6.38. The molecule has 0 aliphatic rings. The van der Waals surface area contributed by atoms with Gasteiger partial charge in [-0.05, 0) is 19.1 Å². The zero-order valence-corrected chi connectivity index (χ0v) is 7.67. The molecule has 1 rings (SSSR count). The van der Waals surface area contributed by atoms with E-state index in [0.717, 1.165) is 12.6 Å². The van der Waals surface area contributed by atoms with E-state index in [9.17, 15) is 9.59 Å². The van der Waals surface area contributed by atoms with Gasteiger partial charge in [0.25, 0.3) is 5.78 Å². The molecule has 0 saturated heterocycles. The molecule has 14 heavy (non-hydrogen) atoms. The van der Waals surface area contributed by atoms with Gasteiger partial charge < -0.3 is 5.11 Å². The summed E-state index contributed by atoms with van der Waals surface area (Å²) < 4.78 is 1.69. The van der Waals surface area contributed by atoms with Crippen molar-refractivity contribution >= 4 is 17.8 Å². The van der Waals surface area contributed by atoms with E-state index in [-0.39, 0.29) is 0 Å². The smallest absolute Gasteiger partial charge is 0.376 e. The van der Waals surface area contributed by atoms with Gasteiger partial charge in [0.15, 0.2) is 0 Å². The average molecular weight is 194 g/mol. The molecule has 0 spiro atoms. The Kier molecular flexibility index (Phi) is 3.17. The van der Waals surface area contributed by atoms with E-state index in [1.165, 1.54) is 6.08 Å². The van der Waals surface area contributed by atoms with Crippen molar-refractivity contribution in [2.45, 2.75) is 13.5 Å². The first-order valence-electron chi connectivity index (χ1n) is 4.11. The van der Waals surface area contributed by atoms with Gasteiger partial charge in [-0.25, -0.2) is 4.79 Å². The van der Waals surface area contributed by atoms with Crippen molar-refractivity contribution in [3.05, 3.63) is 24.0 Å². The molecule has 1 aromatic rings. The molecule has 0 aliphatic carbocycles. The van der Waals surface area contributed by atoms with Crippen molar-refractivity contribution in [3.63, 3.8) is 0 Å². The molecule has 74 valence electrons. The molecule has 5 heteroatoms. The van der Waals surface area contributed by atoms with Crippen LogP contribution in [0, 0.1) is 0 Å². The van der Waals surface area contributed by atoms with Gasteiger partial charge >= 0.3 is 5.97 Å². The van der Waals surface area contributed by atoms with Crippen LogP contribution >= 0.6 is 0 Å². The molecule has 0 fully saturated rings. The van der Waals surface area contributed by atoms with Crippen LogP contribution in [-0.4, -0.2) is 26.6 Å². The van der Waals surface area contributed by atoms with Crippen LogP contribution in [-0.2, 0) is 16.1 Å². The summed E-state index contributed by atoms with van der Waals surface area (Å²) in [5.41, 5.74) is 0.710. The number of aromatic nitrogens is 2. The Morgan fingerprint density at radius 2 is 2.36 bits per heavy atom. The highest BCUT2D eigenvalue weighted by Crippen LogP contribution is 2.00. The van der Waals surface area contributed by atoms with E-state index in [1.54, 1.807) is 17.1 Å². The Morgan fingerprint density at radius 1 is 1.64 bits per heavy atom. The number of nitrogens with zero attached hydrogens (tertiary/aromatic N) is 2. The molecule has 0 bridgehead atoms. The van der Waals surface area contributed by atoms with Crippen molar-refractivity contribution in [3.8, 4) is 0 Å². The number of carboxylic acid groups (broad SMARTS) is 1. The summed E-state index contributed by atoms with van der Waals surface area (Å²) in [6, 6.07) is 0. The number of carbonyl (C=O) groups is 2. The van der Waals surface area contributed by atoms with Crippen LogP contribution in [0.5, 0.6) is 0 Å². The van der Waals surface area contributed by atoms with Crippen LogP contribution in [0.3, 0.4) is 0 Å². The second-order valence-corrected chi connectivity index (χ2v) is 2.63. The number of aliphatic carboxylic acids is 1. The van der Waals surface area contributed by atoms with E-state index in [0.29, 0.717) is 5.56 Å². The standard InChI is InChI=1S/C9H10N2O3/c1-2-11-6-7(5-10-11)3-4-8(12)9(13)14/h3-6H,2H2,1H3,(H,13,14)/b4-3+. The van der Waals surface area contributed by atoms with Gasteiger partial charge in [0, 0.05) is 18.3 Å². The average Bonchev–Trinajstić information content (AvgIpc) is 2.61. The number of hydrogen-bond acceptors (Lipinski definition) is 3. The molecule has 0 saturated carbocycles. The van der Waals surface area contributed by atoms with Crippen LogP contribution in [0.25, 0.3) is 6.08 Å². The third kappa shape index (κ3) is 2.55. The number of rotatable bonds is 4. The van der Waals surface area contributed by atoms with Crippen molar-refractivity contribution < 1.29 is 14.7 Å². The number of hydrogen-bond donors (Lipinski definition) is 1. The number of aryl methyl sites for hydroxylation is 1. The Morgan fingerprint density at radius 3 is 2.86 bits per heavy atom. The molecular formula is C9H10N2O3. The largest absolute Gasteiger partial charge is 0.475 e. The zero-order chi connectivity index (χ0) is 10.6. The normalized spacial score (nSPS) is 10.6. The van der Waals surface area contributed by atoms with Gasteiger partial charge in [-0.15, -0.1) is 0 Å². The van der Waals surface area contributed by atoms with Gasteiger partial charge in [-0.2, -0.15) is 5.10 Å². The highest BCUT2D eigenvalue weighted by atomic mass is 16.4. The maximum absolute atomic E-state index is 10.7. The predicted octanol–water partition coefficient (Wildman–Crippen LogP) is 0.570. The first kappa shape index (κ1) is 10.2. The summed E-state index contributed by atoms with van der Waals surface area (Å²) in [7, 11) is 0. The monoisotopic (exact) mass is 194 g/mol. The molecule has 1 heterocycles. The highest BCUT2D eigenvalue weighted by Gasteiger charge is 2.05. The molecular weight excluding hydrogens is 184 g/mol. The molecule has 5 nitrogen and oxygen atoms in total. The zero-order valence-electron chi connectivity index (χ0n) is 7.67. The van der Waals surface area contributed by atoms with Crippen LogP contribution in [0.2, 0.25) is 0 Å². The van der Waals surface area contributed by atoms with Crippen molar-refractivity contribution in [1.29, 1.82) is 0 Å². The minimum atomic E-state index is -1.45.